The fraction of sp³-hybridized carbons (Fsp3) is 0.333. The van der Waals surface area contributed by atoms with Gasteiger partial charge in [0.25, 0.3) is 11.6 Å². The number of benzene rings is 1. The molecule has 2 aromatic rings. The van der Waals surface area contributed by atoms with Crippen LogP contribution in [0.3, 0.4) is 0 Å². The normalized spacial score (nSPS) is 21.8. The third-order valence-corrected chi connectivity index (χ3v) is 8.17. The molecule has 192 valence electrons. The van der Waals surface area contributed by atoms with Gasteiger partial charge in [0.1, 0.15) is 18.0 Å². The van der Waals surface area contributed by atoms with E-state index in [1.807, 2.05) is 11.4 Å². The molecule has 0 aliphatic carbocycles. The summed E-state index contributed by atoms with van der Waals surface area (Å²) in [6.07, 6.45) is 1.46. The fourth-order valence-electron chi connectivity index (χ4n) is 4.31. The molecule has 0 radical (unpaired) electrons. The Hall–Kier alpha value is -3.71. The van der Waals surface area contributed by atoms with Crippen LogP contribution in [0.15, 0.2) is 58.2 Å². The molecule has 1 aromatic heterocycles. The first-order valence-electron chi connectivity index (χ1n) is 11.5. The predicted molar refractivity (Wildman–Crippen MR) is 137 cm³/mol. The zero-order valence-electron chi connectivity index (χ0n) is 19.7. The highest BCUT2D eigenvalue weighted by Gasteiger charge is 2.57. The van der Waals surface area contributed by atoms with E-state index in [2.05, 4.69) is 4.99 Å². The molecule has 0 saturated carbocycles. The maximum absolute atomic E-state index is 13.4. The number of fused-ring (bicyclic) bond motifs is 1. The third-order valence-electron chi connectivity index (χ3n) is 6.05. The topological polar surface area (TPSA) is 132 Å². The number of β-lactam (4-membered cyclic amide) rings is 1. The average molecular weight is 543 g/mol. The average Bonchev–Trinajstić information content (AvgIpc) is 3.60. The number of carbonyl (C=O) groups is 3. The molecule has 5 rings (SSSR count). The van der Waals surface area contributed by atoms with Gasteiger partial charge >= 0.3 is 5.97 Å². The predicted octanol–water partition coefficient (Wildman–Crippen LogP) is 3.46. The van der Waals surface area contributed by atoms with Crippen LogP contribution in [-0.4, -0.2) is 57.3 Å². The van der Waals surface area contributed by atoms with E-state index in [1.54, 1.807) is 6.07 Å². The summed E-state index contributed by atoms with van der Waals surface area (Å²) in [4.78, 5) is 57.0. The van der Waals surface area contributed by atoms with Gasteiger partial charge in [-0.15, -0.1) is 23.1 Å². The van der Waals surface area contributed by atoms with Crippen LogP contribution in [0.5, 0.6) is 0 Å². The molecule has 0 bridgehead atoms. The Morgan fingerprint density at radius 2 is 2.08 bits per heavy atom. The minimum absolute atomic E-state index is 0.0320. The summed E-state index contributed by atoms with van der Waals surface area (Å²) >= 11 is 2.78. The minimum Gasteiger partial charge on any atom is -0.481 e. The lowest BCUT2D eigenvalue weighted by Crippen LogP contribution is -2.71. The lowest BCUT2D eigenvalue weighted by atomic mass is 10.0. The zero-order chi connectivity index (χ0) is 26.1. The number of nitrogens with zero attached hydrogens (tertiary/aromatic N) is 4. The van der Waals surface area contributed by atoms with Gasteiger partial charge in [0.15, 0.2) is 11.6 Å². The van der Waals surface area contributed by atoms with Gasteiger partial charge in [0.2, 0.25) is 5.91 Å². The Labute approximate surface area is 219 Å². The summed E-state index contributed by atoms with van der Waals surface area (Å²) in [6, 6.07) is 8.49. The minimum atomic E-state index is -0.754. The second-order valence-corrected chi connectivity index (χ2v) is 10.5. The van der Waals surface area contributed by atoms with Crippen molar-refractivity contribution in [3.63, 3.8) is 0 Å². The first-order chi connectivity index (χ1) is 17.8. The molecule has 2 saturated heterocycles. The molecule has 37 heavy (non-hydrogen) atoms. The number of thioether (sulfide) groups is 1. The van der Waals surface area contributed by atoms with Crippen molar-refractivity contribution in [3.05, 3.63) is 68.9 Å². The van der Waals surface area contributed by atoms with Crippen molar-refractivity contribution in [1.82, 2.24) is 4.90 Å². The molecule has 0 unspecified atom stereocenters. The number of aliphatic imine (C=N–C) groups is 1. The quantitative estimate of drug-likeness (QED) is 0.225. The maximum atomic E-state index is 13.4. The number of esters is 1. The number of non-ortho nitro benzene ring substituents is 1. The second-order valence-electron chi connectivity index (χ2n) is 8.45. The number of ether oxygens (including phenoxy) is 2. The van der Waals surface area contributed by atoms with Crippen molar-refractivity contribution in [3.8, 4) is 0 Å². The lowest BCUT2D eigenvalue weighted by molar-refractivity contribution is -0.384. The number of hydrogen-bond donors (Lipinski definition) is 0. The number of nitro benzene ring substituents is 1. The third kappa shape index (κ3) is 4.83. The molecule has 0 spiro atoms. The second kappa shape index (κ2) is 10.3. The van der Waals surface area contributed by atoms with E-state index >= 15 is 0 Å². The molecule has 11 nitrogen and oxygen atoms in total. The Morgan fingerprint density at radius 3 is 2.70 bits per heavy atom. The van der Waals surface area contributed by atoms with E-state index in [1.165, 1.54) is 64.1 Å². The Bertz CT molecular complexity index is 1300. The number of hydrogen-bond acceptors (Lipinski definition) is 10. The van der Waals surface area contributed by atoms with E-state index in [0.29, 0.717) is 40.9 Å². The van der Waals surface area contributed by atoms with E-state index < -0.39 is 28.2 Å². The van der Waals surface area contributed by atoms with Gasteiger partial charge in [-0.25, -0.2) is 9.79 Å². The highest BCUT2D eigenvalue weighted by Crippen LogP contribution is 2.45. The molecule has 3 aliphatic rings. The monoisotopic (exact) mass is 542 g/mol. The number of rotatable bonds is 7. The van der Waals surface area contributed by atoms with Crippen molar-refractivity contribution < 1.29 is 28.8 Å². The van der Waals surface area contributed by atoms with Crippen LogP contribution in [0.1, 0.15) is 25.3 Å². The van der Waals surface area contributed by atoms with Crippen LogP contribution in [-0.2, 0) is 30.5 Å². The number of nitro groups is 1. The first-order valence-corrected chi connectivity index (χ1v) is 13.4. The van der Waals surface area contributed by atoms with Crippen molar-refractivity contribution >= 4 is 57.5 Å². The van der Waals surface area contributed by atoms with E-state index in [-0.39, 0.29) is 23.9 Å². The van der Waals surface area contributed by atoms with Gasteiger partial charge in [0, 0.05) is 31.2 Å². The molecule has 13 heteroatoms. The van der Waals surface area contributed by atoms with Crippen molar-refractivity contribution in [2.24, 2.45) is 4.99 Å². The highest BCUT2D eigenvalue weighted by molar-refractivity contribution is 8.00. The molecular formula is C24H22N4O7S2. The molecule has 2 fully saturated rings. The number of amides is 2. The summed E-state index contributed by atoms with van der Waals surface area (Å²) in [5.74, 6) is -0.567. The number of anilines is 1. The van der Waals surface area contributed by atoms with Crippen molar-refractivity contribution in [1.29, 1.82) is 0 Å². The van der Waals surface area contributed by atoms with Gasteiger partial charge in [0.05, 0.1) is 22.2 Å². The zero-order valence-corrected chi connectivity index (χ0v) is 21.3. The molecule has 0 N–H and O–H groups in total. The standard InChI is InChI=1S/C24H22N4O7S2/c1-14(29)26(19-5-3-11-36-19)21-22(30)27-20(17(13-37-23(21)27)25-18-4-2-10-34-18)24(31)35-12-15-6-8-16(9-7-15)28(32)33/h3,5-9,11,21,23H,2,4,10,12-13H2,1H3/b25-18-/t21-,23-/m1/s1. The van der Waals surface area contributed by atoms with Crippen molar-refractivity contribution in [2.75, 3.05) is 17.3 Å². The van der Waals surface area contributed by atoms with Gasteiger partial charge in [-0.1, -0.05) is 0 Å². The SMILES string of the molecule is CC(=O)N(c1cccs1)[C@@H]1C(=O)N2C(C(=O)OCc3ccc([N+](=O)[O-])cc3)=C(/N=C3/CCCO3)CS[C@H]12. The maximum Gasteiger partial charge on any atom is 0.357 e. The first kappa shape index (κ1) is 25.0. The lowest BCUT2D eigenvalue weighted by Gasteiger charge is -2.52. The molecule has 4 heterocycles. The Balaban J connectivity index is 1.41. The highest BCUT2D eigenvalue weighted by atomic mass is 32.2. The number of thiophene rings is 1. The van der Waals surface area contributed by atoms with Crippen LogP contribution in [0.25, 0.3) is 0 Å². The van der Waals surface area contributed by atoms with Gasteiger partial charge in [-0.2, -0.15) is 0 Å². The van der Waals surface area contributed by atoms with E-state index in [0.717, 1.165) is 6.42 Å². The summed E-state index contributed by atoms with van der Waals surface area (Å²) in [5, 5.41) is 12.9. The largest absolute Gasteiger partial charge is 0.481 e. The molecule has 2 atom stereocenters. The van der Waals surface area contributed by atoms with E-state index in [9.17, 15) is 24.5 Å². The summed E-state index contributed by atoms with van der Waals surface area (Å²) in [5.41, 5.74) is 0.896. The Morgan fingerprint density at radius 1 is 1.30 bits per heavy atom. The van der Waals surface area contributed by atoms with Gasteiger partial charge < -0.3 is 9.47 Å². The number of carbonyl (C=O) groups excluding carboxylic acids is 3. The van der Waals surface area contributed by atoms with Crippen LogP contribution >= 0.6 is 23.1 Å². The Kier molecular flexibility index (Phi) is 6.98. The van der Waals surface area contributed by atoms with Crippen LogP contribution in [0, 0.1) is 10.1 Å². The molecule has 2 amide bonds. The fourth-order valence-corrected chi connectivity index (χ4v) is 6.43. The van der Waals surface area contributed by atoms with E-state index in [4.69, 9.17) is 9.47 Å². The van der Waals surface area contributed by atoms with Crippen LogP contribution < -0.4 is 4.90 Å². The summed E-state index contributed by atoms with van der Waals surface area (Å²) in [7, 11) is 0. The molecular weight excluding hydrogens is 520 g/mol. The van der Waals surface area contributed by atoms with Crippen molar-refractivity contribution in [2.45, 2.75) is 37.8 Å². The van der Waals surface area contributed by atoms with Gasteiger partial charge in [-0.05, 0) is 41.6 Å². The summed E-state index contributed by atoms with van der Waals surface area (Å²) < 4.78 is 11.1. The van der Waals surface area contributed by atoms with Crippen LogP contribution in [0.2, 0.25) is 0 Å². The smallest absolute Gasteiger partial charge is 0.357 e. The van der Waals surface area contributed by atoms with Gasteiger partial charge in [-0.3, -0.25) is 29.5 Å². The summed E-state index contributed by atoms with van der Waals surface area (Å²) in [6.45, 7) is 1.81. The molecule has 3 aliphatic heterocycles. The van der Waals surface area contributed by atoms with Crippen LogP contribution in [0.4, 0.5) is 10.7 Å². The molecule has 1 aromatic carbocycles.